The smallest absolute Gasteiger partial charge is 0.326 e. The van der Waals surface area contributed by atoms with Crippen molar-refractivity contribution in [3.05, 3.63) is 35.9 Å². The first kappa shape index (κ1) is 16.0. The van der Waals surface area contributed by atoms with E-state index in [1.165, 1.54) is 14.2 Å². The molecule has 2 aliphatic heterocycles. The number of fused-ring (bicyclic) bond motifs is 1. The summed E-state index contributed by atoms with van der Waals surface area (Å²) >= 11 is 0. The second kappa shape index (κ2) is 6.32. The van der Waals surface area contributed by atoms with E-state index in [-0.39, 0.29) is 23.8 Å². The summed E-state index contributed by atoms with van der Waals surface area (Å²) in [5.41, 5.74) is 0.241. The van der Waals surface area contributed by atoms with Crippen molar-refractivity contribution in [1.29, 1.82) is 0 Å². The van der Waals surface area contributed by atoms with E-state index in [0.29, 0.717) is 13.0 Å². The lowest BCUT2D eigenvalue weighted by atomic mass is 9.71. The van der Waals surface area contributed by atoms with E-state index in [1.807, 2.05) is 30.3 Å². The summed E-state index contributed by atoms with van der Waals surface area (Å²) in [5.74, 6) is -1.07. The molecule has 2 heterocycles. The van der Waals surface area contributed by atoms with Crippen LogP contribution in [0.4, 0.5) is 0 Å². The molecule has 0 saturated carbocycles. The molecule has 23 heavy (non-hydrogen) atoms. The predicted molar refractivity (Wildman–Crippen MR) is 84.9 cm³/mol. The highest BCUT2D eigenvalue weighted by atomic mass is 16.5. The van der Waals surface area contributed by atoms with E-state index < -0.39 is 5.54 Å². The zero-order valence-corrected chi connectivity index (χ0v) is 13.7. The van der Waals surface area contributed by atoms with Crippen LogP contribution in [0.1, 0.15) is 30.7 Å². The third-order valence-corrected chi connectivity index (χ3v) is 5.34. The largest absolute Gasteiger partial charge is 0.469 e. The number of ether oxygens (including phenoxy) is 2. The third kappa shape index (κ3) is 2.43. The summed E-state index contributed by atoms with van der Waals surface area (Å²) in [6, 6.07) is 9.81. The fourth-order valence-corrected chi connectivity index (χ4v) is 4.40. The second-order valence-electron chi connectivity index (χ2n) is 6.34. The van der Waals surface area contributed by atoms with Crippen molar-refractivity contribution in [3.63, 3.8) is 0 Å². The van der Waals surface area contributed by atoms with E-state index in [2.05, 4.69) is 4.90 Å². The molecule has 5 nitrogen and oxygen atoms in total. The van der Waals surface area contributed by atoms with Crippen molar-refractivity contribution in [3.8, 4) is 0 Å². The number of hydrogen-bond acceptors (Lipinski definition) is 5. The number of carbonyl (C=O) groups is 2. The van der Waals surface area contributed by atoms with E-state index in [0.717, 1.165) is 24.9 Å². The number of carbonyl (C=O) groups excluding carboxylic acids is 2. The molecular weight excluding hydrogens is 294 g/mol. The van der Waals surface area contributed by atoms with Crippen molar-refractivity contribution in [2.45, 2.75) is 30.7 Å². The number of benzene rings is 1. The van der Waals surface area contributed by atoms with Gasteiger partial charge in [-0.1, -0.05) is 30.3 Å². The highest BCUT2D eigenvalue weighted by molar-refractivity contribution is 5.86. The Labute approximate surface area is 136 Å². The lowest BCUT2D eigenvalue weighted by Gasteiger charge is -2.43. The van der Waals surface area contributed by atoms with Gasteiger partial charge < -0.3 is 9.47 Å². The molecule has 3 rings (SSSR count). The molecule has 2 fully saturated rings. The molecular formula is C18H23NO4. The molecule has 0 spiro atoms. The minimum absolute atomic E-state index is 0.233. The van der Waals surface area contributed by atoms with Gasteiger partial charge in [-0.15, -0.1) is 0 Å². The molecule has 3 atom stereocenters. The summed E-state index contributed by atoms with van der Waals surface area (Å²) in [6.45, 7) is 1.35. The van der Waals surface area contributed by atoms with Gasteiger partial charge in [0.1, 0.15) is 5.54 Å². The molecule has 0 unspecified atom stereocenters. The van der Waals surface area contributed by atoms with Gasteiger partial charge in [-0.05, 0) is 31.4 Å². The van der Waals surface area contributed by atoms with E-state index in [4.69, 9.17) is 9.47 Å². The molecule has 0 radical (unpaired) electrons. The Bertz CT molecular complexity index is 588. The predicted octanol–water partition coefficient (Wildman–Crippen LogP) is 1.97. The molecule has 0 amide bonds. The Morgan fingerprint density at radius 3 is 2.52 bits per heavy atom. The summed E-state index contributed by atoms with van der Waals surface area (Å²) in [5, 5.41) is 0. The highest BCUT2D eigenvalue weighted by Crippen LogP contribution is 2.51. The number of methoxy groups -OCH3 is 2. The fourth-order valence-electron chi connectivity index (χ4n) is 4.40. The van der Waals surface area contributed by atoms with E-state index in [1.54, 1.807) is 0 Å². The zero-order chi connectivity index (χ0) is 16.4. The van der Waals surface area contributed by atoms with Crippen LogP contribution in [0.25, 0.3) is 0 Å². The maximum absolute atomic E-state index is 12.8. The molecule has 0 aliphatic carbocycles. The number of piperidine rings is 1. The van der Waals surface area contributed by atoms with Gasteiger partial charge in [-0.3, -0.25) is 14.5 Å². The van der Waals surface area contributed by atoms with Gasteiger partial charge in [0.05, 0.1) is 20.1 Å². The van der Waals surface area contributed by atoms with Crippen molar-refractivity contribution in [2.24, 2.45) is 5.92 Å². The highest BCUT2D eigenvalue weighted by Gasteiger charge is 2.62. The van der Waals surface area contributed by atoms with Crippen LogP contribution in [0.15, 0.2) is 30.3 Å². The quantitative estimate of drug-likeness (QED) is 0.798. The molecule has 0 bridgehead atoms. The second-order valence-corrected chi connectivity index (χ2v) is 6.34. The van der Waals surface area contributed by atoms with Crippen LogP contribution < -0.4 is 0 Å². The lowest BCUT2D eigenvalue weighted by molar-refractivity contribution is -0.157. The van der Waals surface area contributed by atoms with E-state index >= 15 is 0 Å². The molecule has 0 N–H and O–H groups in total. The van der Waals surface area contributed by atoms with Gasteiger partial charge in [-0.2, -0.15) is 0 Å². The summed E-state index contributed by atoms with van der Waals surface area (Å²) in [7, 11) is 2.84. The lowest BCUT2D eigenvalue weighted by Crippen LogP contribution is -2.56. The number of rotatable bonds is 3. The van der Waals surface area contributed by atoms with Crippen molar-refractivity contribution < 1.29 is 19.1 Å². The Morgan fingerprint density at radius 1 is 1.13 bits per heavy atom. The molecule has 5 heteroatoms. The normalized spacial score (nSPS) is 30.5. The van der Waals surface area contributed by atoms with Crippen LogP contribution in [0.3, 0.4) is 0 Å². The number of nitrogens with zero attached hydrogens (tertiary/aromatic N) is 1. The maximum atomic E-state index is 12.8. The minimum atomic E-state index is -0.757. The Hall–Kier alpha value is -1.88. The topological polar surface area (TPSA) is 55.8 Å². The number of esters is 2. The molecule has 2 aliphatic rings. The van der Waals surface area contributed by atoms with Crippen LogP contribution in [0, 0.1) is 5.92 Å². The van der Waals surface area contributed by atoms with Crippen molar-refractivity contribution in [1.82, 2.24) is 4.90 Å². The molecule has 1 aromatic rings. The summed E-state index contributed by atoms with van der Waals surface area (Å²) < 4.78 is 10.2. The van der Waals surface area contributed by atoms with Crippen LogP contribution in [-0.4, -0.2) is 49.7 Å². The van der Waals surface area contributed by atoms with Gasteiger partial charge in [-0.25, -0.2) is 0 Å². The molecule has 2 saturated heterocycles. The zero-order valence-electron chi connectivity index (χ0n) is 13.7. The van der Waals surface area contributed by atoms with Gasteiger partial charge in [0.25, 0.3) is 0 Å². The summed E-state index contributed by atoms with van der Waals surface area (Å²) in [4.78, 5) is 27.3. The van der Waals surface area contributed by atoms with Crippen LogP contribution in [0.2, 0.25) is 0 Å². The van der Waals surface area contributed by atoms with Crippen LogP contribution >= 0.6 is 0 Å². The van der Waals surface area contributed by atoms with Crippen LogP contribution in [0.5, 0.6) is 0 Å². The maximum Gasteiger partial charge on any atom is 0.326 e. The van der Waals surface area contributed by atoms with Gasteiger partial charge in [0.2, 0.25) is 0 Å². The third-order valence-electron chi connectivity index (χ3n) is 5.34. The van der Waals surface area contributed by atoms with Crippen molar-refractivity contribution in [2.75, 3.05) is 27.3 Å². The first-order valence-corrected chi connectivity index (χ1v) is 8.11. The summed E-state index contributed by atoms with van der Waals surface area (Å²) in [6.07, 6.45) is 2.71. The Morgan fingerprint density at radius 2 is 1.87 bits per heavy atom. The standard InChI is InChI=1S/C18H23NO4/c1-22-16(20)14-12-19-11-7-6-10-18(19,17(21)23-2)15(14)13-8-4-3-5-9-13/h3-5,8-9,14-15H,6-7,10-12H2,1-2H3/t14-,15+,18-/m1/s1. The molecule has 0 aromatic heterocycles. The molecule has 1 aromatic carbocycles. The Balaban J connectivity index is 2.12. The van der Waals surface area contributed by atoms with Gasteiger partial charge in [0.15, 0.2) is 0 Å². The Kier molecular flexibility index (Phi) is 4.39. The fraction of sp³-hybridized carbons (Fsp3) is 0.556. The average molecular weight is 317 g/mol. The first-order chi connectivity index (χ1) is 11.1. The van der Waals surface area contributed by atoms with Crippen molar-refractivity contribution >= 4 is 11.9 Å². The SMILES string of the molecule is COC(=O)[C@@H]1CN2CCCC[C@]2(C(=O)OC)[C@H]1c1ccccc1. The van der Waals surface area contributed by atoms with Crippen LogP contribution in [-0.2, 0) is 19.1 Å². The number of hydrogen-bond donors (Lipinski definition) is 0. The van der Waals surface area contributed by atoms with Gasteiger partial charge >= 0.3 is 11.9 Å². The molecule has 124 valence electrons. The average Bonchev–Trinajstić information content (AvgIpc) is 2.97. The monoisotopic (exact) mass is 317 g/mol. The minimum Gasteiger partial charge on any atom is -0.469 e. The van der Waals surface area contributed by atoms with Gasteiger partial charge in [0, 0.05) is 12.5 Å². The van der Waals surface area contributed by atoms with E-state index in [9.17, 15) is 9.59 Å². The first-order valence-electron chi connectivity index (χ1n) is 8.11.